The van der Waals surface area contributed by atoms with Gasteiger partial charge in [-0.25, -0.2) is 14.5 Å². The molecule has 0 fully saturated rings. The van der Waals surface area contributed by atoms with Crippen molar-refractivity contribution in [1.82, 2.24) is 20.0 Å². The smallest absolute Gasteiger partial charge is 0.412 e. The van der Waals surface area contributed by atoms with Gasteiger partial charge in [0, 0.05) is 0 Å². The first-order chi connectivity index (χ1) is 8.94. The number of ether oxygens (including phenoxy) is 1. The van der Waals surface area contributed by atoms with Crippen LogP contribution in [0.1, 0.15) is 20.8 Å². The van der Waals surface area contributed by atoms with Crippen LogP contribution < -0.4 is 5.32 Å². The normalized spacial score (nSPS) is 11.1. The van der Waals surface area contributed by atoms with Crippen molar-refractivity contribution < 1.29 is 9.53 Å². The first kappa shape index (κ1) is 13.0. The molecule has 1 N–H and O–H groups in total. The first-order valence-corrected chi connectivity index (χ1v) is 5.77. The van der Waals surface area contributed by atoms with Crippen molar-refractivity contribution in [3.8, 4) is 5.82 Å². The van der Waals surface area contributed by atoms with Gasteiger partial charge in [-0.1, -0.05) is 5.21 Å². The Bertz CT molecular complexity index is 542. The lowest BCUT2D eigenvalue weighted by atomic mass is 10.2. The Morgan fingerprint density at radius 3 is 2.68 bits per heavy atom. The van der Waals surface area contributed by atoms with Crippen LogP contribution in [0.4, 0.5) is 10.5 Å². The Morgan fingerprint density at radius 1 is 1.37 bits per heavy atom. The maximum absolute atomic E-state index is 11.6. The molecule has 19 heavy (non-hydrogen) atoms. The highest BCUT2D eigenvalue weighted by Gasteiger charge is 2.16. The number of nitrogens with one attached hydrogen (secondary N) is 1. The molecule has 100 valence electrons. The van der Waals surface area contributed by atoms with Gasteiger partial charge in [-0.05, 0) is 32.9 Å². The van der Waals surface area contributed by atoms with Gasteiger partial charge in [0.25, 0.3) is 0 Å². The fraction of sp³-hybridized carbons (Fsp3) is 0.333. The van der Waals surface area contributed by atoms with E-state index in [0.717, 1.165) is 0 Å². The van der Waals surface area contributed by atoms with Crippen molar-refractivity contribution in [1.29, 1.82) is 0 Å². The van der Waals surface area contributed by atoms with Crippen LogP contribution in [0.2, 0.25) is 0 Å². The monoisotopic (exact) mass is 261 g/mol. The summed E-state index contributed by atoms with van der Waals surface area (Å²) in [5.41, 5.74) is 0.0242. The van der Waals surface area contributed by atoms with Gasteiger partial charge in [0.1, 0.15) is 5.60 Å². The fourth-order valence-electron chi connectivity index (χ4n) is 1.35. The number of rotatable bonds is 2. The van der Waals surface area contributed by atoms with Crippen LogP contribution >= 0.6 is 0 Å². The van der Waals surface area contributed by atoms with Crippen LogP contribution in [0.15, 0.2) is 30.7 Å². The highest BCUT2D eigenvalue weighted by atomic mass is 16.6. The molecule has 0 bridgehead atoms. The predicted octanol–water partition coefficient (Wildman–Crippen LogP) is 2.01. The average Bonchev–Trinajstić information content (AvgIpc) is 2.80. The molecular formula is C12H15N5O2. The number of aromatic nitrogens is 4. The molecule has 0 aliphatic carbocycles. The van der Waals surface area contributed by atoms with E-state index >= 15 is 0 Å². The molecule has 0 aliphatic rings. The number of amides is 1. The van der Waals surface area contributed by atoms with E-state index in [1.54, 1.807) is 45.3 Å². The Hall–Kier alpha value is -2.44. The minimum absolute atomic E-state index is 0.511. The molecule has 7 nitrogen and oxygen atoms in total. The summed E-state index contributed by atoms with van der Waals surface area (Å²) >= 11 is 0. The molecule has 7 heteroatoms. The van der Waals surface area contributed by atoms with Crippen molar-refractivity contribution in [3.63, 3.8) is 0 Å². The summed E-state index contributed by atoms with van der Waals surface area (Å²) in [4.78, 5) is 15.7. The molecule has 0 aliphatic heterocycles. The Morgan fingerprint density at radius 2 is 2.16 bits per heavy atom. The summed E-state index contributed by atoms with van der Waals surface area (Å²) in [6, 6.07) is 3.44. The standard InChI is InChI=1S/C12H15N5O2/c1-12(2,3)19-11(18)15-9-4-5-10(13-8-9)17-7-6-14-16-17/h4-8H,1-3H3,(H,15,18). The van der Waals surface area contributed by atoms with Crippen LogP contribution in [0.3, 0.4) is 0 Å². The fourth-order valence-corrected chi connectivity index (χ4v) is 1.35. The second-order valence-electron chi connectivity index (χ2n) is 4.88. The van der Waals surface area contributed by atoms with E-state index in [1.165, 1.54) is 10.9 Å². The molecule has 2 heterocycles. The van der Waals surface area contributed by atoms with Gasteiger partial charge in [-0.2, -0.15) is 0 Å². The van der Waals surface area contributed by atoms with Gasteiger partial charge in [0.15, 0.2) is 5.82 Å². The number of nitrogens with zero attached hydrogens (tertiary/aromatic N) is 4. The molecule has 2 rings (SSSR count). The van der Waals surface area contributed by atoms with Gasteiger partial charge < -0.3 is 4.74 Å². The predicted molar refractivity (Wildman–Crippen MR) is 69.0 cm³/mol. The number of anilines is 1. The van der Waals surface area contributed by atoms with E-state index in [-0.39, 0.29) is 0 Å². The second kappa shape index (κ2) is 5.05. The quantitative estimate of drug-likeness (QED) is 0.894. The molecule has 0 aromatic carbocycles. The molecular weight excluding hydrogens is 246 g/mol. The van der Waals surface area contributed by atoms with Crippen molar-refractivity contribution in [2.75, 3.05) is 5.32 Å². The molecule has 0 spiro atoms. The molecule has 0 radical (unpaired) electrons. The van der Waals surface area contributed by atoms with Crippen LogP contribution in [0, 0.1) is 0 Å². The SMILES string of the molecule is CC(C)(C)OC(=O)Nc1ccc(-n2ccnn2)nc1. The maximum atomic E-state index is 11.6. The molecule has 0 unspecified atom stereocenters. The summed E-state index contributed by atoms with van der Waals surface area (Å²) in [7, 11) is 0. The Balaban J connectivity index is 2.01. The largest absolute Gasteiger partial charge is 0.444 e. The van der Waals surface area contributed by atoms with Gasteiger partial charge in [0.2, 0.25) is 0 Å². The molecule has 0 atom stereocenters. The lowest BCUT2D eigenvalue weighted by Crippen LogP contribution is -2.27. The number of pyridine rings is 1. The van der Waals surface area contributed by atoms with E-state index in [9.17, 15) is 4.79 Å². The minimum atomic E-state index is -0.530. The summed E-state index contributed by atoms with van der Waals surface area (Å²) in [5.74, 6) is 0.618. The van der Waals surface area contributed by atoms with Crippen molar-refractivity contribution in [3.05, 3.63) is 30.7 Å². The highest BCUT2D eigenvalue weighted by molar-refractivity contribution is 5.84. The van der Waals surface area contributed by atoms with E-state index in [0.29, 0.717) is 11.5 Å². The maximum Gasteiger partial charge on any atom is 0.412 e. The van der Waals surface area contributed by atoms with Gasteiger partial charge in [-0.15, -0.1) is 5.10 Å². The van der Waals surface area contributed by atoms with E-state index in [1.807, 2.05) is 0 Å². The zero-order chi connectivity index (χ0) is 13.9. The number of hydrogen-bond donors (Lipinski definition) is 1. The van der Waals surface area contributed by atoms with Gasteiger partial charge >= 0.3 is 6.09 Å². The first-order valence-electron chi connectivity index (χ1n) is 5.77. The van der Waals surface area contributed by atoms with Crippen LogP contribution in [0.5, 0.6) is 0 Å². The van der Waals surface area contributed by atoms with E-state index in [2.05, 4.69) is 20.6 Å². The third-order valence-corrected chi connectivity index (χ3v) is 2.05. The van der Waals surface area contributed by atoms with Crippen LogP contribution in [-0.4, -0.2) is 31.7 Å². The van der Waals surface area contributed by atoms with Gasteiger partial charge in [0.05, 0.1) is 24.3 Å². The zero-order valence-electron chi connectivity index (χ0n) is 11.0. The molecule has 1 amide bonds. The highest BCUT2D eigenvalue weighted by Crippen LogP contribution is 2.12. The molecule has 0 saturated heterocycles. The van der Waals surface area contributed by atoms with E-state index in [4.69, 9.17) is 4.74 Å². The average molecular weight is 261 g/mol. The number of carbonyl (C=O) groups excluding carboxylic acids is 1. The third kappa shape index (κ3) is 3.77. The zero-order valence-corrected chi connectivity index (χ0v) is 11.0. The molecule has 2 aromatic rings. The topological polar surface area (TPSA) is 81.9 Å². The summed E-state index contributed by atoms with van der Waals surface area (Å²) in [6.45, 7) is 5.41. The summed E-state index contributed by atoms with van der Waals surface area (Å²) in [5, 5.41) is 10.1. The minimum Gasteiger partial charge on any atom is -0.444 e. The molecule has 2 aromatic heterocycles. The number of carbonyl (C=O) groups is 1. The molecule has 0 saturated carbocycles. The van der Waals surface area contributed by atoms with Crippen molar-refractivity contribution >= 4 is 11.8 Å². The number of hydrogen-bond acceptors (Lipinski definition) is 5. The van der Waals surface area contributed by atoms with E-state index < -0.39 is 11.7 Å². The third-order valence-electron chi connectivity index (χ3n) is 2.05. The lowest BCUT2D eigenvalue weighted by molar-refractivity contribution is 0.0636. The van der Waals surface area contributed by atoms with Crippen molar-refractivity contribution in [2.45, 2.75) is 26.4 Å². The summed E-state index contributed by atoms with van der Waals surface area (Å²) in [6.07, 6.45) is 4.27. The summed E-state index contributed by atoms with van der Waals surface area (Å²) < 4.78 is 6.66. The second-order valence-corrected chi connectivity index (χ2v) is 4.88. The Labute approximate surface area is 110 Å². The van der Waals surface area contributed by atoms with Crippen LogP contribution in [-0.2, 0) is 4.74 Å². The van der Waals surface area contributed by atoms with Gasteiger partial charge in [-0.3, -0.25) is 5.32 Å². The lowest BCUT2D eigenvalue weighted by Gasteiger charge is -2.19. The van der Waals surface area contributed by atoms with Crippen molar-refractivity contribution in [2.24, 2.45) is 0 Å². The van der Waals surface area contributed by atoms with Crippen LogP contribution in [0.25, 0.3) is 5.82 Å². The Kier molecular flexibility index (Phi) is 3.46.